The number of nitrogens with zero attached hydrogens (tertiary/aromatic N) is 1. The first kappa shape index (κ1) is 18.5. The molecule has 0 saturated heterocycles. The molecule has 0 bridgehead atoms. The molecule has 0 aliphatic rings. The zero-order valence-electron chi connectivity index (χ0n) is 14.6. The van der Waals surface area contributed by atoms with Gasteiger partial charge in [0.25, 0.3) is 11.8 Å². The largest absolute Gasteiger partial charge is 0.495 e. The standard InChI is InChI=1S/C19H16ClN3O4/c1-11-9-17(23-27-11)22-19(25)13-5-3-12(4-6-13)18(24)21-15-10-14(20)7-8-16(15)26-2/h3-10H,1-2H3,(H,21,24)(H,22,23,25). The average Bonchev–Trinajstić information content (AvgIpc) is 3.06. The van der Waals surface area contributed by atoms with Crippen LogP contribution in [0.4, 0.5) is 11.5 Å². The van der Waals surface area contributed by atoms with Gasteiger partial charge in [-0.25, -0.2) is 0 Å². The number of carbonyl (C=O) groups is 2. The summed E-state index contributed by atoms with van der Waals surface area (Å²) in [7, 11) is 1.50. The van der Waals surface area contributed by atoms with E-state index in [-0.39, 0.29) is 11.8 Å². The number of anilines is 2. The van der Waals surface area contributed by atoms with Gasteiger partial charge in [0.15, 0.2) is 5.82 Å². The summed E-state index contributed by atoms with van der Waals surface area (Å²) >= 11 is 5.96. The number of nitrogens with one attached hydrogen (secondary N) is 2. The second kappa shape index (κ2) is 7.92. The summed E-state index contributed by atoms with van der Waals surface area (Å²) in [5.74, 6) is 0.703. The molecule has 138 valence electrons. The molecule has 0 saturated carbocycles. The Bertz CT molecular complexity index is 983. The van der Waals surface area contributed by atoms with Crippen LogP contribution in [-0.2, 0) is 0 Å². The van der Waals surface area contributed by atoms with E-state index in [1.807, 2.05) is 0 Å². The Morgan fingerprint density at radius 1 is 1.00 bits per heavy atom. The summed E-state index contributed by atoms with van der Waals surface area (Å²) in [6, 6.07) is 12.7. The lowest BCUT2D eigenvalue weighted by Gasteiger charge is -2.11. The number of halogens is 1. The second-order valence-corrected chi connectivity index (χ2v) is 6.09. The van der Waals surface area contributed by atoms with Gasteiger partial charge in [0.2, 0.25) is 0 Å². The number of hydrogen-bond acceptors (Lipinski definition) is 5. The van der Waals surface area contributed by atoms with Crippen molar-refractivity contribution in [3.8, 4) is 5.75 Å². The van der Waals surface area contributed by atoms with E-state index in [1.165, 1.54) is 7.11 Å². The van der Waals surface area contributed by atoms with Crippen molar-refractivity contribution in [2.75, 3.05) is 17.7 Å². The fourth-order valence-corrected chi connectivity index (χ4v) is 2.53. The van der Waals surface area contributed by atoms with E-state index in [1.54, 1.807) is 55.5 Å². The van der Waals surface area contributed by atoms with Crippen molar-refractivity contribution in [2.45, 2.75) is 6.92 Å². The Balaban J connectivity index is 1.70. The number of carbonyl (C=O) groups excluding carboxylic acids is 2. The summed E-state index contributed by atoms with van der Waals surface area (Å²) in [4.78, 5) is 24.6. The van der Waals surface area contributed by atoms with Crippen LogP contribution in [0.15, 0.2) is 53.1 Å². The summed E-state index contributed by atoms with van der Waals surface area (Å²) in [5, 5.41) is 9.53. The Kier molecular flexibility index (Phi) is 5.42. The Morgan fingerprint density at radius 3 is 2.19 bits per heavy atom. The number of benzene rings is 2. The van der Waals surface area contributed by atoms with Crippen LogP contribution in [0.1, 0.15) is 26.5 Å². The van der Waals surface area contributed by atoms with Gasteiger partial charge < -0.3 is 19.9 Å². The summed E-state index contributed by atoms with van der Waals surface area (Å²) < 4.78 is 10.1. The highest BCUT2D eigenvalue weighted by atomic mass is 35.5. The SMILES string of the molecule is COc1ccc(Cl)cc1NC(=O)c1ccc(C(=O)Nc2cc(C)on2)cc1. The van der Waals surface area contributed by atoms with Crippen LogP contribution >= 0.6 is 11.6 Å². The smallest absolute Gasteiger partial charge is 0.256 e. The molecule has 7 nitrogen and oxygen atoms in total. The molecule has 2 amide bonds. The first-order valence-electron chi connectivity index (χ1n) is 7.96. The molecule has 0 radical (unpaired) electrons. The Morgan fingerprint density at radius 2 is 1.63 bits per heavy atom. The maximum atomic E-state index is 12.4. The van der Waals surface area contributed by atoms with Crippen molar-refractivity contribution in [1.29, 1.82) is 0 Å². The van der Waals surface area contributed by atoms with E-state index in [9.17, 15) is 9.59 Å². The van der Waals surface area contributed by atoms with Crippen LogP contribution in [0.3, 0.4) is 0 Å². The molecule has 3 rings (SSSR count). The molecule has 1 aromatic heterocycles. The first-order valence-corrected chi connectivity index (χ1v) is 8.33. The molecule has 2 N–H and O–H groups in total. The number of hydrogen-bond donors (Lipinski definition) is 2. The van der Waals surface area contributed by atoms with Gasteiger partial charge >= 0.3 is 0 Å². The van der Waals surface area contributed by atoms with Crippen LogP contribution in [0.25, 0.3) is 0 Å². The molecule has 8 heteroatoms. The van der Waals surface area contributed by atoms with Crippen LogP contribution in [-0.4, -0.2) is 24.1 Å². The lowest BCUT2D eigenvalue weighted by Crippen LogP contribution is -2.15. The Labute approximate surface area is 160 Å². The number of amides is 2. The quantitative estimate of drug-likeness (QED) is 0.688. The highest BCUT2D eigenvalue weighted by Crippen LogP contribution is 2.28. The van der Waals surface area contributed by atoms with Crippen LogP contribution in [0.2, 0.25) is 5.02 Å². The second-order valence-electron chi connectivity index (χ2n) is 5.65. The zero-order chi connectivity index (χ0) is 19.4. The lowest BCUT2D eigenvalue weighted by atomic mass is 10.1. The minimum Gasteiger partial charge on any atom is -0.495 e. The van der Waals surface area contributed by atoms with Crippen molar-refractivity contribution in [3.63, 3.8) is 0 Å². The van der Waals surface area contributed by atoms with Crippen molar-refractivity contribution >= 4 is 34.9 Å². The third-order valence-electron chi connectivity index (χ3n) is 3.69. The van der Waals surface area contributed by atoms with Gasteiger partial charge in [-0.3, -0.25) is 9.59 Å². The molecule has 0 unspecified atom stereocenters. The van der Waals surface area contributed by atoms with E-state index in [0.717, 1.165) is 0 Å². The van der Waals surface area contributed by atoms with Crippen molar-refractivity contribution in [3.05, 3.63) is 70.4 Å². The van der Waals surface area contributed by atoms with Crippen LogP contribution in [0, 0.1) is 6.92 Å². The predicted octanol–water partition coefficient (Wildman–Crippen LogP) is 4.15. The molecule has 0 aliphatic heterocycles. The fourth-order valence-electron chi connectivity index (χ4n) is 2.36. The van der Waals surface area contributed by atoms with Crippen LogP contribution < -0.4 is 15.4 Å². The highest BCUT2D eigenvalue weighted by molar-refractivity contribution is 6.31. The van der Waals surface area contributed by atoms with Gasteiger partial charge in [0.1, 0.15) is 11.5 Å². The lowest BCUT2D eigenvalue weighted by molar-refractivity contribution is 0.101. The number of methoxy groups -OCH3 is 1. The molecule has 1 heterocycles. The topological polar surface area (TPSA) is 93.5 Å². The van der Waals surface area contributed by atoms with E-state index in [0.29, 0.717) is 39.2 Å². The highest BCUT2D eigenvalue weighted by Gasteiger charge is 2.13. The molecule has 0 spiro atoms. The number of rotatable bonds is 5. The van der Waals surface area contributed by atoms with Gasteiger partial charge in [-0.15, -0.1) is 0 Å². The third-order valence-corrected chi connectivity index (χ3v) is 3.92. The van der Waals surface area contributed by atoms with Gasteiger partial charge in [-0.05, 0) is 49.4 Å². The molecule has 3 aromatic rings. The van der Waals surface area contributed by atoms with Crippen molar-refractivity contribution < 1.29 is 18.8 Å². The molecular weight excluding hydrogens is 370 g/mol. The predicted molar refractivity (Wildman–Crippen MR) is 102 cm³/mol. The molecule has 0 atom stereocenters. The van der Waals surface area contributed by atoms with Gasteiger partial charge in [-0.2, -0.15) is 0 Å². The first-order chi connectivity index (χ1) is 13.0. The summed E-state index contributed by atoms with van der Waals surface area (Å²) in [6.07, 6.45) is 0. The van der Waals surface area contributed by atoms with Crippen molar-refractivity contribution in [1.82, 2.24) is 5.16 Å². The van der Waals surface area contributed by atoms with Crippen LogP contribution in [0.5, 0.6) is 5.75 Å². The minimum absolute atomic E-state index is 0.326. The molecule has 27 heavy (non-hydrogen) atoms. The van der Waals surface area contributed by atoms with E-state index in [4.69, 9.17) is 20.9 Å². The maximum Gasteiger partial charge on any atom is 0.256 e. The van der Waals surface area contributed by atoms with E-state index < -0.39 is 0 Å². The van der Waals surface area contributed by atoms with E-state index in [2.05, 4.69) is 15.8 Å². The van der Waals surface area contributed by atoms with Gasteiger partial charge in [-0.1, -0.05) is 16.8 Å². The molecule has 2 aromatic carbocycles. The minimum atomic E-state index is -0.355. The summed E-state index contributed by atoms with van der Waals surface area (Å²) in [6.45, 7) is 1.73. The average molecular weight is 386 g/mol. The normalized spacial score (nSPS) is 10.3. The van der Waals surface area contributed by atoms with E-state index >= 15 is 0 Å². The summed E-state index contributed by atoms with van der Waals surface area (Å²) in [5.41, 5.74) is 1.22. The molecule has 0 aliphatic carbocycles. The fraction of sp³-hybridized carbons (Fsp3) is 0.105. The van der Waals surface area contributed by atoms with Crippen molar-refractivity contribution in [2.24, 2.45) is 0 Å². The number of ether oxygens (including phenoxy) is 1. The van der Waals surface area contributed by atoms with Gasteiger partial charge in [0.05, 0.1) is 12.8 Å². The third kappa shape index (κ3) is 4.45. The monoisotopic (exact) mass is 385 g/mol. The zero-order valence-corrected chi connectivity index (χ0v) is 15.3. The van der Waals surface area contributed by atoms with Gasteiger partial charge in [0, 0.05) is 22.2 Å². The number of aromatic nitrogens is 1. The number of aryl methyl sites for hydroxylation is 1. The molecular formula is C19H16ClN3O4. The maximum absolute atomic E-state index is 12.4. The Hall–Kier alpha value is -3.32. The molecule has 0 fully saturated rings.